The van der Waals surface area contributed by atoms with E-state index in [4.69, 9.17) is 0 Å². The molecule has 0 saturated carbocycles. The molecule has 1 aromatic carbocycles. The lowest BCUT2D eigenvalue weighted by Crippen LogP contribution is -2.45. The summed E-state index contributed by atoms with van der Waals surface area (Å²) in [6.45, 7) is 2.74. The average Bonchev–Trinajstić information content (AvgIpc) is 2.61. The molecule has 1 saturated heterocycles. The zero-order valence-electron chi connectivity index (χ0n) is 14.8. The van der Waals surface area contributed by atoms with Crippen LogP contribution in [0.3, 0.4) is 0 Å². The van der Waals surface area contributed by atoms with E-state index < -0.39 is 23.2 Å². The normalized spacial score (nSPS) is 15.6. The van der Waals surface area contributed by atoms with Crippen molar-refractivity contribution >= 4 is 11.6 Å². The van der Waals surface area contributed by atoms with Crippen LogP contribution in [0.4, 0.5) is 18.9 Å². The maximum atomic E-state index is 12.9. The van der Waals surface area contributed by atoms with E-state index in [0.29, 0.717) is 37.2 Å². The van der Waals surface area contributed by atoms with Gasteiger partial charge in [0.1, 0.15) is 5.56 Å². The van der Waals surface area contributed by atoms with Gasteiger partial charge in [0.15, 0.2) is 0 Å². The highest BCUT2D eigenvalue weighted by Crippen LogP contribution is 2.32. The van der Waals surface area contributed by atoms with Crippen molar-refractivity contribution in [2.24, 2.45) is 0 Å². The highest BCUT2D eigenvalue weighted by Gasteiger charge is 2.31. The maximum absolute atomic E-state index is 12.9. The average molecular weight is 379 g/mol. The van der Waals surface area contributed by atoms with Crippen LogP contribution in [0.2, 0.25) is 0 Å². The number of carbonyl (C=O) groups is 1. The van der Waals surface area contributed by atoms with Crippen molar-refractivity contribution in [3.8, 4) is 0 Å². The molecule has 0 aliphatic carbocycles. The van der Waals surface area contributed by atoms with Crippen molar-refractivity contribution in [3.05, 3.63) is 63.6 Å². The SMILES string of the molecule is Cc1cc[nH]c(=O)c1C(=O)NC1CCN(c2cccc(C(F)(F)F)c2)CC1. The summed E-state index contributed by atoms with van der Waals surface area (Å²) < 4.78 is 38.6. The first kappa shape index (κ1) is 19.0. The Hall–Kier alpha value is -2.77. The van der Waals surface area contributed by atoms with E-state index in [-0.39, 0.29) is 11.6 Å². The van der Waals surface area contributed by atoms with Gasteiger partial charge in [0, 0.05) is 31.0 Å². The Balaban J connectivity index is 1.63. The van der Waals surface area contributed by atoms with Crippen molar-refractivity contribution in [3.63, 3.8) is 0 Å². The minimum absolute atomic E-state index is 0.0952. The van der Waals surface area contributed by atoms with Crippen LogP contribution in [0.25, 0.3) is 0 Å². The second kappa shape index (κ2) is 7.46. The number of nitrogens with zero attached hydrogens (tertiary/aromatic N) is 1. The number of piperidine rings is 1. The molecule has 0 unspecified atom stereocenters. The smallest absolute Gasteiger partial charge is 0.371 e. The first-order valence-corrected chi connectivity index (χ1v) is 8.67. The Labute approximate surface area is 154 Å². The van der Waals surface area contributed by atoms with Gasteiger partial charge in [0.05, 0.1) is 5.56 Å². The van der Waals surface area contributed by atoms with E-state index in [1.807, 2.05) is 4.90 Å². The van der Waals surface area contributed by atoms with Gasteiger partial charge in [-0.2, -0.15) is 13.2 Å². The fourth-order valence-electron chi connectivity index (χ4n) is 3.28. The number of hydrogen-bond donors (Lipinski definition) is 2. The molecule has 2 N–H and O–H groups in total. The van der Waals surface area contributed by atoms with Crippen molar-refractivity contribution in [1.29, 1.82) is 0 Å². The third-order valence-corrected chi connectivity index (χ3v) is 4.77. The number of hydrogen-bond acceptors (Lipinski definition) is 3. The number of nitrogens with one attached hydrogen (secondary N) is 2. The summed E-state index contributed by atoms with van der Waals surface area (Å²) in [5.41, 5.74) is 0.100. The van der Waals surface area contributed by atoms with Gasteiger partial charge in [0.25, 0.3) is 11.5 Å². The fraction of sp³-hybridized carbons (Fsp3) is 0.368. The Bertz CT molecular complexity index is 884. The largest absolute Gasteiger partial charge is 0.416 e. The second-order valence-electron chi connectivity index (χ2n) is 6.65. The number of amides is 1. The molecule has 0 atom stereocenters. The van der Waals surface area contributed by atoms with Crippen molar-refractivity contribution in [2.45, 2.75) is 32.0 Å². The minimum atomic E-state index is -4.37. The van der Waals surface area contributed by atoms with Gasteiger partial charge >= 0.3 is 6.18 Å². The van der Waals surface area contributed by atoms with Crippen molar-refractivity contribution in [2.75, 3.05) is 18.0 Å². The lowest BCUT2D eigenvalue weighted by Gasteiger charge is -2.34. The molecule has 2 aromatic rings. The molecule has 8 heteroatoms. The van der Waals surface area contributed by atoms with Crippen LogP contribution < -0.4 is 15.8 Å². The van der Waals surface area contributed by atoms with Crippen LogP contribution in [0, 0.1) is 6.92 Å². The van der Waals surface area contributed by atoms with E-state index in [0.717, 1.165) is 12.1 Å². The van der Waals surface area contributed by atoms with Crippen molar-refractivity contribution in [1.82, 2.24) is 10.3 Å². The van der Waals surface area contributed by atoms with E-state index in [9.17, 15) is 22.8 Å². The maximum Gasteiger partial charge on any atom is 0.416 e. The second-order valence-corrected chi connectivity index (χ2v) is 6.65. The quantitative estimate of drug-likeness (QED) is 0.861. The Morgan fingerprint density at radius 1 is 1.22 bits per heavy atom. The number of pyridine rings is 1. The highest BCUT2D eigenvalue weighted by molar-refractivity contribution is 5.95. The molecule has 5 nitrogen and oxygen atoms in total. The number of halogens is 3. The van der Waals surface area contributed by atoms with Crippen LogP contribution in [0.1, 0.15) is 34.3 Å². The number of H-pyrrole nitrogens is 1. The number of rotatable bonds is 3. The van der Waals surface area contributed by atoms with E-state index >= 15 is 0 Å². The number of aryl methyl sites for hydroxylation is 1. The summed E-state index contributed by atoms with van der Waals surface area (Å²) in [5, 5.41) is 2.86. The molecule has 27 heavy (non-hydrogen) atoms. The highest BCUT2D eigenvalue weighted by atomic mass is 19.4. The number of anilines is 1. The predicted molar refractivity (Wildman–Crippen MR) is 95.9 cm³/mol. The predicted octanol–water partition coefficient (Wildman–Crippen LogP) is 3.10. The van der Waals surface area contributed by atoms with E-state index in [1.54, 1.807) is 19.1 Å². The molecule has 2 heterocycles. The van der Waals surface area contributed by atoms with Crippen LogP contribution in [-0.4, -0.2) is 30.0 Å². The van der Waals surface area contributed by atoms with Crippen LogP contribution in [0.15, 0.2) is 41.3 Å². The molecule has 0 radical (unpaired) electrons. The molecule has 1 aliphatic heterocycles. The van der Waals surface area contributed by atoms with Gasteiger partial charge in [-0.15, -0.1) is 0 Å². The van der Waals surface area contributed by atoms with Crippen molar-refractivity contribution < 1.29 is 18.0 Å². The third kappa shape index (κ3) is 4.32. The summed E-state index contributed by atoms with van der Waals surface area (Å²) in [5.74, 6) is -0.424. The monoisotopic (exact) mass is 379 g/mol. The molecule has 1 fully saturated rings. The number of carbonyl (C=O) groups excluding carboxylic acids is 1. The van der Waals surface area contributed by atoms with E-state index in [2.05, 4.69) is 10.3 Å². The van der Waals surface area contributed by atoms with Gasteiger partial charge in [-0.1, -0.05) is 6.07 Å². The molecule has 3 rings (SSSR count). The summed E-state index contributed by atoms with van der Waals surface area (Å²) in [6, 6.07) is 6.78. The molecule has 1 amide bonds. The Morgan fingerprint density at radius 2 is 1.93 bits per heavy atom. The van der Waals surface area contributed by atoms with Crippen LogP contribution >= 0.6 is 0 Å². The van der Waals surface area contributed by atoms with Gasteiger partial charge in [-0.25, -0.2) is 0 Å². The summed E-state index contributed by atoms with van der Waals surface area (Å²) in [4.78, 5) is 28.6. The number of aromatic amines is 1. The molecular weight excluding hydrogens is 359 g/mol. The molecule has 0 spiro atoms. The molecular formula is C19H20F3N3O2. The lowest BCUT2D eigenvalue weighted by molar-refractivity contribution is -0.137. The van der Waals surface area contributed by atoms with E-state index in [1.165, 1.54) is 12.3 Å². The van der Waals surface area contributed by atoms with Gasteiger partial charge in [-0.3, -0.25) is 9.59 Å². The number of alkyl halides is 3. The topological polar surface area (TPSA) is 65.2 Å². The third-order valence-electron chi connectivity index (χ3n) is 4.77. The summed E-state index contributed by atoms with van der Waals surface area (Å²) in [6.07, 6.45) is -1.71. The number of benzene rings is 1. The Morgan fingerprint density at radius 3 is 2.56 bits per heavy atom. The minimum Gasteiger partial charge on any atom is -0.371 e. The van der Waals surface area contributed by atoms with Gasteiger partial charge < -0.3 is 15.2 Å². The zero-order valence-corrected chi connectivity index (χ0v) is 14.8. The van der Waals surface area contributed by atoms with Crippen LogP contribution in [-0.2, 0) is 6.18 Å². The summed E-state index contributed by atoms with van der Waals surface area (Å²) >= 11 is 0. The lowest BCUT2D eigenvalue weighted by atomic mass is 10.0. The Kier molecular flexibility index (Phi) is 5.25. The van der Waals surface area contributed by atoms with Gasteiger partial charge in [-0.05, 0) is 49.6 Å². The molecule has 1 aromatic heterocycles. The first-order valence-electron chi connectivity index (χ1n) is 8.67. The number of aromatic nitrogens is 1. The van der Waals surface area contributed by atoms with Crippen LogP contribution in [0.5, 0.6) is 0 Å². The molecule has 1 aliphatic rings. The first-order chi connectivity index (χ1) is 12.8. The zero-order chi connectivity index (χ0) is 19.6. The summed E-state index contributed by atoms with van der Waals surface area (Å²) in [7, 11) is 0. The standard InChI is InChI=1S/C19H20F3N3O2/c1-12-5-8-23-17(26)16(12)18(27)24-14-6-9-25(10-7-14)15-4-2-3-13(11-15)19(20,21)22/h2-5,8,11,14H,6-7,9-10H2,1H3,(H,23,26)(H,24,27). The van der Waals surface area contributed by atoms with Gasteiger partial charge in [0.2, 0.25) is 0 Å². The molecule has 144 valence electrons. The molecule has 0 bridgehead atoms. The fourth-order valence-corrected chi connectivity index (χ4v) is 3.28.